The second kappa shape index (κ2) is 7.48. The Hall–Kier alpha value is -1.52. The van der Waals surface area contributed by atoms with E-state index in [-0.39, 0.29) is 0 Å². The highest BCUT2D eigenvalue weighted by Gasteiger charge is 2.09. The van der Waals surface area contributed by atoms with Crippen LogP contribution in [0, 0.1) is 0 Å². The molecule has 2 rings (SSSR count). The lowest BCUT2D eigenvalue weighted by Crippen LogP contribution is -2.14. The van der Waals surface area contributed by atoms with Gasteiger partial charge in [0, 0.05) is 6.04 Å². The molecule has 0 amide bonds. The fraction of sp³-hybridized carbons (Fsp3) is 0.294. The lowest BCUT2D eigenvalue weighted by molar-refractivity contribution is 0.412. The number of nitrogens with one attached hydrogen (secondary N) is 1. The Morgan fingerprint density at radius 2 is 1.95 bits per heavy atom. The number of hydrogen-bond donors (Lipinski definition) is 1. The number of halogens is 1. The summed E-state index contributed by atoms with van der Waals surface area (Å²) in [5.74, 6) is 2.39. The van der Waals surface area contributed by atoms with Gasteiger partial charge in [0.1, 0.15) is 17.2 Å². The van der Waals surface area contributed by atoms with Gasteiger partial charge in [0.2, 0.25) is 0 Å². The topological polar surface area (TPSA) is 30.5 Å². The summed E-state index contributed by atoms with van der Waals surface area (Å²) in [4.78, 5) is 0. The predicted octanol–water partition coefficient (Wildman–Crippen LogP) is 4.92. The van der Waals surface area contributed by atoms with Gasteiger partial charge in [0.15, 0.2) is 0 Å². The average molecular weight is 350 g/mol. The van der Waals surface area contributed by atoms with E-state index >= 15 is 0 Å². The Morgan fingerprint density at radius 3 is 2.57 bits per heavy atom. The molecule has 1 N–H and O–H groups in total. The van der Waals surface area contributed by atoms with E-state index in [1.54, 1.807) is 7.11 Å². The Bertz CT molecular complexity index is 597. The zero-order chi connectivity index (χ0) is 15.2. The number of rotatable bonds is 6. The van der Waals surface area contributed by atoms with E-state index in [1.165, 1.54) is 5.56 Å². The van der Waals surface area contributed by atoms with Crippen molar-refractivity contribution in [2.24, 2.45) is 0 Å². The van der Waals surface area contributed by atoms with Gasteiger partial charge in [-0.2, -0.15) is 0 Å². The highest BCUT2D eigenvalue weighted by Crippen LogP contribution is 2.33. The van der Waals surface area contributed by atoms with E-state index in [4.69, 9.17) is 9.47 Å². The molecule has 0 aliphatic heterocycles. The molecule has 0 bridgehead atoms. The second-order valence-electron chi connectivity index (χ2n) is 4.72. The zero-order valence-corrected chi connectivity index (χ0v) is 14.1. The zero-order valence-electron chi connectivity index (χ0n) is 12.5. The Morgan fingerprint density at radius 1 is 1.14 bits per heavy atom. The van der Waals surface area contributed by atoms with Gasteiger partial charge < -0.3 is 14.8 Å². The summed E-state index contributed by atoms with van der Waals surface area (Å²) in [5, 5.41) is 3.30. The van der Waals surface area contributed by atoms with Crippen LogP contribution in [0.5, 0.6) is 17.2 Å². The summed E-state index contributed by atoms with van der Waals surface area (Å²) in [6.45, 7) is 2.16. The first-order valence-electron chi connectivity index (χ1n) is 6.96. The first kappa shape index (κ1) is 15.9. The summed E-state index contributed by atoms with van der Waals surface area (Å²) in [5.41, 5.74) is 1.22. The maximum Gasteiger partial charge on any atom is 0.141 e. The molecule has 0 spiro atoms. The van der Waals surface area contributed by atoms with Gasteiger partial charge in [-0.05, 0) is 65.3 Å². The molecule has 21 heavy (non-hydrogen) atoms. The van der Waals surface area contributed by atoms with Gasteiger partial charge >= 0.3 is 0 Å². The van der Waals surface area contributed by atoms with Gasteiger partial charge in [0.05, 0.1) is 11.6 Å². The van der Waals surface area contributed by atoms with Crippen molar-refractivity contribution < 1.29 is 9.47 Å². The summed E-state index contributed by atoms with van der Waals surface area (Å²) in [6.07, 6.45) is 1.03. The van der Waals surface area contributed by atoms with Gasteiger partial charge in [-0.25, -0.2) is 0 Å². The predicted molar refractivity (Wildman–Crippen MR) is 89.3 cm³/mol. The van der Waals surface area contributed by atoms with Crippen LogP contribution >= 0.6 is 15.9 Å². The molecule has 2 aromatic rings. The van der Waals surface area contributed by atoms with Crippen molar-refractivity contribution >= 4 is 15.9 Å². The lowest BCUT2D eigenvalue weighted by Gasteiger charge is -2.16. The minimum absolute atomic E-state index is 0.341. The number of ether oxygens (including phenoxy) is 2. The van der Waals surface area contributed by atoms with Gasteiger partial charge in [-0.1, -0.05) is 19.1 Å². The smallest absolute Gasteiger partial charge is 0.141 e. The molecule has 0 saturated heterocycles. The molecule has 0 radical (unpaired) electrons. The highest BCUT2D eigenvalue weighted by molar-refractivity contribution is 9.10. The van der Waals surface area contributed by atoms with Gasteiger partial charge in [-0.15, -0.1) is 0 Å². The van der Waals surface area contributed by atoms with Crippen LogP contribution in [0.3, 0.4) is 0 Å². The number of hydrogen-bond acceptors (Lipinski definition) is 3. The summed E-state index contributed by atoms with van der Waals surface area (Å²) in [6, 6.07) is 14.2. The van der Waals surface area contributed by atoms with Crippen LogP contribution in [-0.4, -0.2) is 14.2 Å². The van der Waals surface area contributed by atoms with E-state index in [2.05, 4.69) is 40.3 Å². The van der Waals surface area contributed by atoms with E-state index < -0.39 is 0 Å². The van der Waals surface area contributed by atoms with E-state index in [0.717, 1.165) is 28.1 Å². The van der Waals surface area contributed by atoms with Crippen LogP contribution in [0.4, 0.5) is 0 Å². The normalized spacial score (nSPS) is 12.0. The molecule has 0 heterocycles. The van der Waals surface area contributed by atoms with Crippen molar-refractivity contribution in [1.29, 1.82) is 0 Å². The molecule has 3 nitrogen and oxygen atoms in total. The van der Waals surface area contributed by atoms with Crippen LogP contribution in [0.15, 0.2) is 46.9 Å². The third-order valence-corrected chi connectivity index (χ3v) is 4.00. The molecular formula is C17H20BrNO2. The summed E-state index contributed by atoms with van der Waals surface area (Å²) >= 11 is 3.50. The van der Waals surface area contributed by atoms with Crippen molar-refractivity contribution in [3.8, 4) is 17.2 Å². The lowest BCUT2D eigenvalue weighted by atomic mass is 10.0. The molecule has 1 atom stereocenters. The second-order valence-corrected chi connectivity index (χ2v) is 5.57. The summed E-state index contributed by atoms with van der Waals surface area (Å²) in [7, 11) is 3.62. The van der Waals surface area contributed by atoms with Crippen LogP contribution < -0.4 is 14.8 Å². The molecule has 0 fully saturated rings. The van der Waals surface area contributed by atoms with E-state index in [0.29, 0.717) is 6.04 Å². The van der Waals surface area contributed by atoms with E-state index in [9.17, 15) is 0 Å². The van der Waals surface area contributed by atoms with Crippen molar-refractivity contribution in [2.45, 2.75) is 19.4 Å². The monoisotopic (exact) mass is 349 g/mol. The fourth-order valence-corrected chi connectivity index (χ4v) is 2.66. The average Bonchev–Trinajstić information content (AvgIpc) is 2.51. The molecule has 0 saturated carbocycles. The van der Waals surface area contributed by atoms with Crippen molar-refractivity contribution in [2.75, 3.05) is 14.2 Å². The highest BCUT2D eigenvalue weighted by atomic mass is 79.9. The first-order valence-corrected chi connectivity index (χ1v) is 7.75. The van der Waals surface area contributed by atoms with Crippen molar-refractivity contribution in [3.63, 3.8) is 0 Å². The minimum atomic E-state index is 0.341. The van der Waals surface area contributed by atoms with Crippen LogP contribution in [0.25, 0.3) is 0 Å². The largest absolute Gasteiger partial charge is 0.497 e. The SMILES string of the molecule is CCC(NC)c1cccc(Oc2ccc(OC)cc2Br)c1. The Balaban J connectivity index is 2.22. The van der Waals surface area contributed by atoms with Crippen molar-refractivity contribution in [3.05, 3.63) is 52.5 Å². The quantitative estimate of drug-likeness (QED) is 0.802. The summed E-state index contributed by atoms with van der Waals surface area (Å²) < 4.78 is 12.0. The van der Waals surface area contributed by atoms with Gasteiger partial charge in [-0.3, -0.25) is 0 Å². The fourth-order valence-electron chi connectivity index (χ4n) is 2.22. The third kappa shape index (κ3) is 3.99. The minimum Gasteiger partial charge on any atom is -0.497 e. The molecule has 1 unspecified atom stereocenters. The number of benzene rings is 2. The standard InChI is InChI=1S/C17H20BrNO2/c1-4-16(19-2)12-6-5-7-14(10-12)21-17-9-8-13(20-3)11-15(17)18/h5-11,16,19H,4H2,1-3H3. The first-order chi connectivity index (χ1) is 10.2. The maximum absolute atomic E-state index is 5.96. The van der Waals surface area contributed by atoms with E-state index in [1.807, 2.05) is 37.4 Å². The third-order valence-electron chi connectivity index (χ3n) is 3.38. The Labute approximate surface area is 134 Å². The van der Waals surface area contributed by atoms with Gasteiger partial charge in [0.25, 0.3) is 0 Å². The molecular weight excluding hydrogens is 330 g/mol. The van der Waals surface area contributed by atoms with Crippen LogP contribution in [0.2, 0.25) is 0 Å². The van der Waals surface area contributed by atoms with Crippen molar-refractivity contribution in [1.82, 2.24) is 5.32 Å². The molecule has 0 aliphatic carbocycles. The van der Waals surface area contributed by atoms with Crippen LogP contribution in [0.1, 0.15) is 24.9 Å². The molecule has 0 aliphatic rings. The maximum atomic E-state index is 5.96. The molecule has 112 valence electrons. The molecule has 2 aromatic carbocycles. The molecule has 0 aromatic heterocycles. The number of methoxy groups -OCH3 is 1. The van der Waals surface area contributed by atoms with Crippen LogP contribution in [-0.2, 0) is 0 Å². The Kier molecular flexibility index (Phi) is 5.65. The molecule has 4 heteroatoms.